The SMILES string of the molecule is C=CCNS(=O)(=O)c1cc(C(=O)N2CCc3cc(C(=O)OC)ccc32)ccc1F. The number of methoxy groups -OCH3 is 1. The maximum atomic E-state index is 14.1. The third kappa shape index (κ3) is 4.06. The predicted molar refractivity (Wildman–Crippen MR) is 105 cm³/mol. The maximum Gasteiger partial charge on any atom is 0.337 e. The molecule has 0 aromatic heterocycles. The molecule has 1 N–H and O–H groups in total. The highest BCUT2D eigenvalue weighted by molar-refractivity contribution is 7.89. The number of rotatable bonds is 6. The quantitative estimate of drug-likeness (QED) is 0.574. The molecule has 0 saturated heterocycles. The lowest BCUT2D eigenvalue weighted by Gasteiger charge is -2.18. The van der Waals surface area contributed by atoms with E-state index >= 15 is 0 Å². The molecule has 0 fully saturated rings. The molecule has 1 aliphatic heterocycles. The third-order valence-electron chi connectivity index (χ3n) is 4.53. The molecule has 0 bridgehead atoms. The molecule has 2 aromatic carbocycles. The number of hydrogen-bond donors (Lipinski definition) is 1. The Morgan fingerprint density at radius 3 is 2.66 bits per heavy atom. The number of nitrogens with zero attached hydrogens (tertiary/aromatic N) is 1. The van der Waals surface area contributed by atoms with E-state index in [9.17, 15) is 22.4 Å². The standard InChI is InChI=1S/C20H19FN2O5S/c1-3-9-22-29(26,27)18-12-14(4-6-16(18)21)19(24)23-10-8-13-11-15(20(25)28-2)5-7-17(13)23/h3-7,11-12,22H,1,8-10H2,2H3. The van der Waals surface area contributed by atoms with Gasteiger partial charge in [0.15, 0.2) is 0 Å². The van der Waals surface area contributed by atoms with Gasteiger partial charge in [-0.1, -0.05) is 6.08 Å². The molecule has 7 nitrogen and oxygen atoms in total. The first-order valence-corrected chi connectivity index (χ1v) is 10.2. The van der Waals surface area contributed by atoms with Gasteiger partial charge < -0.3 is 9.64 Å². The Balaban J connectivity index is 1.92. The van der Waals surface area contributed by atoms with Crippen LogP contribution in [0.15, 0.2) is 53.9 Å². The van der Waals surface area contributed by atoms with E-state index in [0.717, 1.165) is 17.7 Å². The molecule has 2 aromatic rings. The number of sulfonamides is 1. The number of ether oxygens (including phenoxy) is 1. The van der Waals surface area contributed by atoms with Crippen molar-refractivity contribution in [2.24, 2.45) is 0 Å². The van der Waals surface area contributed by atoms with Crippen LogP contribution in [0.4, 0.5) is 10.1 Å². The van der Waals surface area contributed by atoms with Gasteiger partial charge in [0.25, 0.3) is 5.91 Å². The van der Waals surface area contributed by atoms with Crippen molar-refractivity contribution in [3.63, 3.8) is 0 Å². The summed E-state index contributed by atoms with van der Waals surface area (Å²) in [5, 5.41) is 0. The van der Waals surface area contributed by atoms with Crippen LogP contribution in [0.5, 0.6) is 0 Å². The molecule has 1 amide bonds. The molecular formula is C20H19FN2O5S. The second-order valence-corrected chi connectivity index (χ2v) is 8.06. The van der Waals surface area contributed by atoms with Gasteiger partial charge in [0.2, 0.25) is 10.0 Å². The number of fused-ring (bicyclic) bond motifs is 1. The average molecular weight is 418 g/mol. The van der Waals surface area contributed by atoms with Crippen LogP contribution < -0.4 is 9.62 Å². The molecule has 0 saturated carbocycles. The Morgan fingerprint density at radius 2 is 1.97 bits per heavy atom. The number of nitrogens with one attached hydrogen (secondary N) is 1. The van der Waals surface area contributed by atoms with E-state index < -0.39 is 32.6 Å². The largest absolute Gasteiger partial charge is 0.465 e. The zero-order valence-corrected chi connectivity index (χ0v) is 16.5. The van der Waals surface area contributed by atoms with E-state index in [-0.39, 0.29) is 12.1 Å². The first kappa shape index (κ1) is 20.7. The maximum absolute atomic E-state index is 14.1. The molecule has 1 heterocycles. The van der Waals surface area contributed by atoms with Crippen LogP contribution in [0.3, 0.4) is 0 Å². The summed E-state index contributed by atoms with van der Waals surface area (Å²) in [6.45, 7) is 3.70. The van der Waals surface area contributed by atoms with Crippen LogP contribution in [0, 0.1) is 5.82 Å². The van der Waals surface area contributed by atoms with Gasteiger partial charge in [-0.3, -0.25) is 4.79 Å². The normalized spacial score (nSPS) is 13.1. The second-order valence-electron chi connectivity index (χ2n) is 6.33. The van der Waals surface area contributed by atoms with E-state index in [1.54, 1.807) is 18.2 Å². The lowest BCUT2D eigenvalue weighted by molar-refractivity contribution is 0.0600. The van der Waals surface area contributed by atoms with Crippen molar-refractivity contribution in [2.45, 2.75) is 11.3 Å². The van der Waals surface area contributed by atoms with Crippen molar-refractivity contribution in [2.75, 3.05) is 25.1 Å². The highest BCUT2D eigenvalue weighted by Crippen LogP contribution is 2.31. The van der Waals surface area contributed by atoms with Gasteiger partial charge in [-0.25, -0.2) is 22.3 Å². The minimum absolute atomic E-state index is 0.0373. The van der Waals surface area contributed by atoms with Crippen LogP contribution in [0.1, 0.15) is 26.3 Å². The van der Waals surface area contributed by atoms with Crippen LogP contribution in [0.25, 0.3) is 0 Å². The summed E-state index contributed by atoms with van der Waals surface area (Å²) in [5.74, 6) is -1.89. The fraction of sp³-hybridized carbons (Fsp3) is 0.200. The lowest BCUT2D eigenvalue weighted by Crippen LogP contribution is -2.30. The molecule has 0 spiro atoms. The fourth-order valence-corrected chi connectivity index (χ4v) is 4.20. The molecule has 152 valence electrons. The first-order valence-electron chi connectivity index (χ1n) is 8.71. The van der Waals surface area contributed by atoms with Crippen LogP contribution in [0.2, 0.25) is 0 Å². The number of hydrogen-bond acceptors (Lipinski definition) is 5. The van der Waals surface area contributed by atoms with Gasteiger partial charge in [-0.05, 0) is 48.4 Å². The molecule has 0 radical (unpaired) electrons. The van der Waals surface area contributed by atoms with E-state index in [1.807, 2.05) is 0 Å². The van der Waals surface area contributed by atoms with Gasteiger partial charge >= 0.3 is 5.97 Å². The Morgan fingerprint density at radius 1 is 1.24 bits per heavy atom. The van der Waals surface area contributed by atoms with Crippen molar-refractivity contribution < 1.29 is 27.1 Å². The van der Waals surface area contributed by atoms with Gasteiger partial charge in [-0.15, -0.1) is 6.58 Å². The van der Waals surface area contributed by atoms with Gasteiger partial charge in [0.05, 0.1) is 12.7 Å². The van der Waals surface area contributed by atoms with Crippen LogP contribution in [-0.4, -0.2) is 40.5 Å². The smallest absolute Gasteiger partial charge is 0.337 e. The third-order valence-corrected chi connectivity index (χ3v) is 5.97. The number of halogens is 1. The molecule has 1 aliphatic rings. The molecule has 0 atom stereocenters. The zero-order valence-electron chi connectivity index (χ0n) is 15.6. The van der Waals surface area contributed by atoms with Gasteiger partial charge in [0, 0.05) is 24.3 Å². The Hall–Kier alpha value is -3.04. The van der Waals surface area contributed by atoms with Crippen LogP contribution in [-0.2, 0) is 21.2 Å². The Kier molecular flexibility index (Phi) is 5.81. The summed E-state index contributed by atoms with van der Waals surface area (Å²) in [4.78, 5) is 25.5. The topological polar surface area (TPSA) is 92.8 Å². The summed E-state index contributed by atoms with van der Waals surface area (Å²) >= 11 is 0. The van der Waals surface area contributed by atoms with Crippen molar-refractivity contribution in [3.05, 3.63) is 71.6 Å². The fourth-order valence-electron chi connectivity index (χ4n) is 3.10. The molecule has 0 aliphatic carbocycles. The number of carbonyl (C=O) groups excluding carboxylic acids is 2. The van der Waals surface area contributed by atoms with E-state index in [4.69, 9.17) is 4.74 Å². The van der Waals surface area contributed by atoms with Crippen molar-refractivity contribution in [1.29, 1.82) is 0 Å². The lowest BCUT2D eigenvalue weighted by atomic mass is 10.1. The highest BCUT2D eigenvalue weighted by atomic mass is 32.2. The van der Waals surface area contributed by atoms with Crippen molar-refractivity contribution in [3.8, 4) is 0 Å². The van der Waals surface area contributed by atoms with Crippen molar-refractivity contribution in [1.82, 2.24) is 4.72 Å². The van der Waals surface area contributed by atoms with E-state index in [1.165, 1.54) is 24.2 Å². The minimum atomic E-state index is -4.13. The average Bonchev–Trinajstić information content (AvgIpc) is 3.14. The molecule has 9 heteroatoms. The summed E-state index contributed by atoms with van der Waals surface area (Å²) in [6, 6.07) is 8.06. The zero-order chi connectivity index (χ0) is 21.2. The Bertz CT molecular complexity index is 1100. The minimum Gasteiger partial charge on any atom is -0.465 e. The Labute approximate surface area is 167 Å². The molecule has 3 rings (SSSR count). The number of anilines is 1. The number of amides is 1. The number of benzene rings is 2. The second kappa shape index (κ2) is 8.14. The van der Waals surface area contributed by atoms with E-state index in [2.05, 4.69) is 11.3 Å². The summed E-state index contributed by atoms with van der Waals surface area (Å²) in [5.41, 5.74) is 1.82. The predicted octanol–water partition coefficient (Wildman–Crippen LogP) is 2.28. The summed E-state index contributed by atoms with van der Waals surface area (Å²) < 4.78 is 45.5. The van der Waals surface area contributed by atoms with Gasteiger partial charge in [-0.2, -0.15) is 0 Å². The van der Waals surface area contributed by atoms with Crippen molar-refractivity contribution >= 4 is 27.6 Å². The molecular weight excluding hydrogens is 399 g/mol. The monoisotopic (exact) mass is 418 g/mol. The summed E-state index contributed by atoms with van der Waals surface area (Å²) in [7, 11) is -2.84. The van der Waals surface area contributed by atoms with Crippen LogP contribution >= 0.6 is 0 Å². The molecule has 0 unspecified atom stereocenters. The first-order chi connectivity index (χ1) is 13.8. The number of carbonyl (C=O) groups is 2. The highest BCUT2D eigenvalue weighted by Gasteiger charge is 2.28. The van der Waals surface area contributed by atoms with E-state index in [0.29, 0.717) is 24.2 Å². The van der Waals surface area contributed by atoms with Gasteiger partial charge in [0.1, 0.15) is 10.7 Å². The molecule has 29 heavy (non-hydrogen) atoms. The summed E-state index contributed by atoms with van der Waals surface area (Å²) in [6.07, 6.45) is 1.85. The number of esters is 1.